The van der Waals surface area contributed by atoms with E-state index in [-0.39, 0.29) is 11.3 Å². The van der Waals surface area contributed by atoms with E-state index in [0.29, 0.717) is 25.5 Å². The highest BCUT2D eigenvalue weighted by molar-refractivity contribution is 7.90. The van der Waals surface area contributed by atoms with Crippen LogP contribution in [0.2, 0.25) is 0 Å². The van der Waals surface area contributed by atoms with Crippen LogP contribution in [0.15, 0.2) is 16.9 Å². The molecule has 0 amide bonds. The summed E-state index contributed by atoms with van der Waals surface area (Å²) in [5, 5.41) is 6.90. The molecular formula is C10H17N3O4S. The van der Waals surface area contributed by atoms with Crippen molar-refractivity contribution in [2.24, 2.45) is 0 Å². The number of hydrogen-bond donors (Lipinski definition) is 1. The van der Waals surface area contributed by atoms with Crippen LogP contribution in [0.25, 0.3) is 0 Å². The fourth-order valence-electron chi connectivity index (χ4n) is 1.27. The highest BCUT2D eigenvalue weighted by Crippen LogP contribution is 1.98. The molecule has 102 valence electrons. The minimum atomic E-state index is -2.95. The minimum absolute atomic E-state index is 0.0768. The van der Waals surface area contributed by atoms with Crippen LogP contribution in [0.4, 0.5) is 0 Å². The highest BCUT2D eigenvalue weighted by Gasteiger charge is 2.02. The number of hydrogen-bond acceptors (Lipinski definition) is 6. The van der Waals surface area contributed by atoms with Crippen LogP contribution in [0.5, 0.6) is 5.88 Å². The van der Waals surface area contributed by atoms with Gasteiger partial charge < -0.3 is 10.1 Å². The van der Waals surface area contributed by atoms with Crippen molar-refractivity contribution < 1.29 is 13.2 Å². The van der Waals surface area contributed by atoms with Gasteiger partial charge in [0.2, 0.25) is 5.88 Å². The predicted molar refractivity (Wildman–Crippen MR) is 67.6 cm³/mol. The summed E-state index contributed by atoms with van der Waals surface area (Å²) in [6.07, 6.45) is 1.18. The van der Waals surface area contributed by atoms with Gasteiger partial charge in [-0.2, -0.15) is 0 Å². The van der Waals surface area contributed by atoms with E-state index < -0.39 is 9.84 Å². The zero-order chi connectivity index (χ0) is 13.6. The first-order valence-electron chi connectivity index (χ1n) is 5.43. The molecule has 0 aliphatic rings. The number of methoxy groups -OCH3 is 1. The molecule has 0 spiro atoms. The fourth-order valence-corrected chi connectivity index (χ4v) is 1.78. The highest BCUT2D eigenvalue weighted by atomic mass is 32.2. The summed E-state index contributed by atoms with van der Waals surface area (Å²) in [6, 6.07) is 2.87. The van der Waals surface area contributed by atoms with Crippen LogP contribution < -0.4 is 15.6 Å². The van der Waals surface area contributed by atoms with Crippen molar-refractivity contribution in [3.05, 3.63) is 22.5 Å². The molecule has 1 heterocycles. The lowest BCUT2D eigenvalue weighted by Crippen LogP contribution is -2.30. The normalized spacial score (nSPS) is 11.4. The van der Waals surface area contributed by atoms with Crippen molar-refractivity contribution in [3.8, 4) is 5.88 Å². The number of nitrogens with zero attached hydrogens (tertiary/aromatic N) is 2. The molecule has 1 aromatic heterocycles. The van der Waals surface area contributed by atoms with Gasteiger partial charge in [-0.05, 0) is 0 Å². The maximum atomic E-state index is 11.4. The number of aromatic nitrogens is 2. The third-order valence-electron chi connectivity index (χ3n) is 2.20. The summed E-state index contributed by atoms with van der Waals surface area (Å²) in [7, 11) is -1.48. The standard InChI is InChI=1S/C10H17N3O4S/c1-17-9-3-4-10(14)13(12-9)7-5-11-6-8-18(2,15)16/h3-4,11H,5-8H2,1-2H3. The van der Waals surface area contributed by atoms with Gasteiger partial charge in [0.1, 0.15) is 9.84 Å². The Labute approximate surface area is 106 Å². The lowest BCUT2D eigenvalue weighted by atomic mass is 10.5. The summed E-state index contributed by atoms with van der Waals surface area (Å²) in [5.74, 6) is 0.443. The number of nitrogens with one attached hydrogen (secondary N) is 1. The first-order chi connectivity index (χ1) is 8.42. The summed E-state index contributed by atoms with van der Waals surface area (Å²) >= 11 is 0. The van der Waals surface area contributed by atoms with Crippen LogP contribution >= 0.6 is 0 Å². The maximum absolute atomic E-state index is 11.4. The molecule has 0 radical (unpaired) electrons. The zero-order valence-corrected chi connectivity index (χ0v) is 11.2. The van der Waals surface area contributed by atoms with Crippen molar-refractivity contribution in [2.75, 3.05) is 32.2 Å². The molecule has 7 nitrogen and oxygen atoms in total. The second-order valence-electron chi connectivity index (χ2n) is 3.82. The summed E-state index contributed by atoms with van der Waals surface area (Å²) in [5.41, 5.74) is -0.222. The van der Waals surface area contributed by atoms with E-state index in [1.54, 1.807) is 0 Å². The van der Waals surface area contributed by atoms with E-state index in [1.807, 2.05) is 0 Å². The Hall–Kier alpha value is -1.41. The lowest BCUT2D eigenvalue weighted by Gasteiger charge is -2.07. The van der Waals surface area contributed by atoms with Gasteiger partial charge in [-0.25, -0.2) is 13.1 Å². The number of sulfone groups is 1. The Bertz CT molecular complexity index is 538. The molecule has 0 aliphatic carbocycles. The second-order valence-corrected chi connectivity index (χ2v) is 6.08. The molecule has 0 aliphatic heterocycles. The quantitative estimate of drug-likeness (QED) is 0.634. The third-order valence-corrected chi connectivity index (χ3v) is 3.15. The van der Waals surface area contributed by atoms with Crippen LogP contribution in [0.3, 0.4) is 0 Å². The van der Waals surface area contributed by atoms with E-state index in [2.05, 4.69) is 10.4 Å². The van der Waals surface area contributed by atoms with Crippen molar-refractivity contribution in [3.63, 3.8) is 0 Å². The second kappa shape index (κ2) is 6.50. The van der Waals surface area contributed by atoms with Crippen molar-refractivity contribution in [2.45, 2.75) is 6.54 Å². The molecule has 0 aromatic carbocycles. The molecule has 0 saturated carbocycles. The molecular weight excluding hydrogens is 258 g/mol. The van der Waals surface area contributed by atoms with Gasteiger partial charge in [0.25, 0.3) is 5.56 Å². The predicted octanol–water partition coefficient (Wildman–Crippen LogP) is -1.11. The molecule has 8 heteroatoms. The summed E-state index contributed by atoms with van der Waals surface area (Å²) < 4.78 is 27.9. The Morgan fingerprint density at radius 1 is 1.39 bits per heavy atom. The van der Waals surface area contributed by atoms with Crippen LogP contribution in [-0.2, 0) is 16.4 Å². The summed E-state index contributed by atoms with van der Waals surface area (Å²) in [4.78, 5) is 11.4. The smallest absolute Gasteiger partial charge is 0.267 e. The first kappa shape index (κ1) is 14.7. The molecule has 0 fully saturated rings. The SMILES string of the molecule is COc1ccc(=O)n(CCNCCS(C)(=O)=O)n1. The molecule has 0 atom stereocenters. The summed E-state index contributed by atoms with van der Waals surface area (Å²) in [6.45, 7) is 1.19. The number of ether oxygens (including phenoxy) is 1. The Balaban J connectivity index is 2.42. The Kier molecular flexibility index (Phi) is 5.29. The van der Waals surface area contributed by atoms with Gasteiger partial charge in [-0.1, -0.05) is 0 Å². The molecule has 0 bridgehead atoms. The topological polar surface area (TPSA) is 90.3 Å². The lowest BCUT2D eigenvalue weighted by molar-refractivity contribution is 0.374. The Morgan fingerprint density at radius 3 is 2.72 bits per heavy atom. The van der Waals surface area contributed by atoms with E-state index in [0.717, 1.165) is 0 Å². The molecule has 0 saturated heterocycles. The zero-order valence-electron chi connectivity index (χ0n) is 10.4. The molecule has 1 N–H and O–H groups in total. The van der Waals surface area contributed by atoms with Gasteiger partial charge in [0.05, 0.1) is 19.4 Å². The monoisotopic (exact) mass is 275 g/mol. The Morgan fingerprint density at radius 2 is 2.11 bits per heavy atom. The van der Waals surface area contributed by atoms with Gasteiger partial charge in [0.15, 0.2) is 0 Å². The van der Waals surface area contributed by atoms with Crippen LogP contribution in [0, 0.1) is 0 Å². The van der Waals surface area contributed by atoms with E-state index in [1.165, 1.54) is 30.2 Å². The largest absolute Gasteiger partial charge is 0.480 e. The average Bonchev–Trinajstić information content (AvgIpc) is 2.29. The van der Waals surface area contributed by atoms with Crippen molar-refractivity contribution >= 4 is 9.84 Å². The van der Waals surface area contributed by atoms with E-state index in [9.17, 15) is 13.2 Å². The van der Waals surface area contributed by atoms with E-state index in [4.69, 9.17) is 4.74 Å². The van der Waals surface area contributed by atoms with Crippen molar-refractivity contribution in [1.82, 2.24) is 15.1 Å². The third kappa shape index (κ3) is 5.28. The van der Waals surface area contributed by atoms with Crippen LogP contribution in [0.1, 0.15) is 0 Å². The van der Waals surface area contributed by atoms with Crippen molar-refractivity contribution in [1.29, 1.82) is 0 Å². The molecule has 0 unspecified atom stereocenters. The molecule has 1 aromatic rings. The van der Waals surface area contributed by atoms with Crippen LogP contribution in [-0.4, -0.2) is 50.4 Å². The number of rotatable bonds is 7. The molecule has 18 heavy (non-hydrogen) atoms. The fraction of sp³-hybridized carbons (Fsp3) is 0.600. The molecule has 1 rings (SSSR count). The van der Waals surface area contributed by atoms with Gasteiger partial charge in [-0.15, -0.1) is 5.10 Å². The maximum Gasteiger partial charge on any atom is 0.267 e. The average molecular weight is 275 g/mol. The van der Waals surface area contributed by atoms with Gasteiger partial charge >= 0.3 is 0 Å². The van der Waals surface area contributed by atoms with Gasteiger partial charge in [-0.3, -0.25) is 4.79 Å². The first-order valence-corrected chi connectivity index (χ1v) is 7.49. The van der Waals surface area contributed by atoms with E-state index >= 15 is 0 Å². The van der Waals surface area contributed by atoms with Gasteiger partial charge in [0, 0.05) is 31.5 Å². The minimum Gasteiger partial charge on any atom is -0.480 e.